The van der Waals surface area contributed by atoms with Gasteiger partial charge in [0.2, 0.25) is 0 Å². The number of para-hydroxylation sites is 1. The fourth-order valence-electron chi connectivity index (χ4n) is 2.76. The van der Waals surface area contributed by atoms with Crippen LogP contribution in [0.3, 0.4) is 0 Å². The van der Waals surface area contributed by atoms with E-state index in [1.165, 1.54) is 0 Å². The Morgan fingerprint density at radius 1 is 1.39 bits per heavy atom. The molecule has 5 heteroatoms. The summed E-state index contributed by atoms with van der Waals surface area (Å²) in [4.78, 5) is 6.57. The molecule has 1 aromatic carbocycles. The zero-order valence-corrected chi connectivity index (χ0v) is 11.7. The number of nitrogens with two attached hydrogens (primary N) is 1. The normalized spacial score (nSPS) is 27.6. The Labute approximate surface area is 115 Å². The lowest BCUT2D eigenvalue weighted by Gasteiger charge is -2.41. The van der Waals surface area contributed by atoms with Gasteiger partial charge in [-0.3, -0.25) is 4.99 Å². The first-order chi connectivity index (χ1) is 8.73. The van der Waals surface area contributed by atoms with E-state index in [0.29, 0.717) is 12.6 Å². The van der Waals surface area contributed by atoms with Crippen molar-refractivity contribution in [3.05, 3.63) is 28.7 Å². The maximum absolute atomic E-state index is 6.08. The predicted molar refractivity (Wildman–Crippen MR) is 75.9 cm³/mol. The molecule has 1 unspecified atom stereocenters. The molecule has 1 fully saturated rings. The van der Waals surface area contributed by atoms with Gasteiger partial charge in [0.15, 0.2) is 5.96 Å². The third-order valence-electron chi connectivity index (χ3n) is 3.63. The number of rotatable bonds is 1. The van der Waals surface area contributed by atoms with E-state index in [0.717, 1.165) is 36.2 Å². The van der Waals surface area contributed by atoms with Crippen LogP contribution in [0.1, 0.15) is 12.8 Å². The summed E-state index contributed by atoms with van der Waals surface area (Å²) in [5.74, 6) is 0.590. The lowest BCUT2D eigenvalue weighted by molar-refractivity contribution is 0.0459. The van der Waals surface area contributed by atoms with Crippen LogP contribution in [-0.4, -0.2) is 31.3 Å². The number of benzene rings is 1. The highest BCUT2D eigenvalue weighted by molar-refractivity contribution is 9.10. The van der Waals surface area contributed by atoms with Crippen LogP contribution < -0.4 is 10.6 Å². The van der Waals surface area contributed by atoms with Gasteiger partial charge in [-0.25, -0.2) is 0 Å². The van der Waals surface area contributed by atoms with Crippen molar-refractivity contribution in [3.8, 4) is 0 Å². The molecule has 1 aromatic rings. The van der Waals surface area contributed by atoms with Crippen molar-refractivity contribution >= 4 is 27.6 Å². The molecule has 2 N–H and O–H groups in total. The van der Waals surface area contributed by atoms with Crippen molar-refractivity contribution in [2.45, 2.75) is 18.4 Å². The summed E-state index contributed by atoms with van der Waals surface area (Å²) in [5, 5.41) is 0. The molecule has 0 saturated carbocycles. The fourth-order valence-corrected chi connectivity index (χ4v) is 3.23. The van der Waals surface area contributed by atoms with Crippen LogP contribution in [0.4, 0.5) is 5.69 Å². The molecule has 0 bridgehead atoms. The number of hydrogen-bond acceptors (Lipinski definition) is 4. The topological polar surface area (TPSA) is 50.9 Å². The van der Waals surface area contributed by atoms with Gasteiger partial charge in [-0.2, -0.15) is 0 Å². The van der Waals surface area contributed by atoms with Crippen molar-refractivity contribution in [2.75, 3.05) is 24.7 Å². The number of anilines is 1. The van der Waals surface area contributed by atoms with Gasteiger partial charge in [-0.05, 0) is 40.9 Å². The molecular weight excluding hydrogens is 294 g/mol. The van der Waals surface area contributed by atoms with E-state index >= 15 is 0 Å². The minimum Gasteiger partial charge on any atom is -0.379 e. The third-order valence-corrected chi connectivity index (χ3v) is 4.30. The highest BCUT2D eigenvalue weighted by Crippen LogP contribution is 2.38. The molecule has 96 valence electrons. The molecule has 1 atom stereocenters. The number of hydrogen-bond donors (Lipinski definition) is 1. The van der Waals surface area contributed by atoms with E-state index in [1.807, 2.05) is 18.2 Å². The third kappa shape index (κ3) is 1.82. The van der Waals surface area contributed by atoms with Crippen LogP contribution in [0.25, 0.3) is 0 Å². The standard InChI is InChI=1S/C13H16BrN3O/c14-10-4-1-2-5-11(10)17-12(15)16-8-13(17)6-3-7-18-9-13/h1-2,4-5H,3,6-9H2,(H2,15,16). The second-order valence-corrected chi connectivity index (χ2v) is 5.70. The minimum absolute atomic E-state index is 0.0911. The molecule has 0 radical (unpaired) electrons. The van der Waals surface area contributed by atoms with Crippen LogP contribution in [0, 0.1) is 0 Å². The Morgan fingerprint density at radius 2 is 2.22 bits per heavy atom. The molecule has 0 aliphatic carbocycles. The Kier molecular flexibility index (Phi) is 3.03. The summed E-state index contributed by atoms with van der Waals surface area (Å²) in [5.41, 5.74) is 7.06. The van der Waals surface area contributed by atoms with E-state index in [4.69, 9.17) is 10.5 Å². The molecule has 0 amide bonds. The summed E-state index contributed by atoms with van der Waals surface area (Å²) in [7, 11) is 0. The lowest BCUT2D eigenvalue weighted by Crippen LogP contribution is -2.56. The number of nitrogens with zero attached hydrogens (tertiary/aromatic N) is 2. The maximum atomic E-state index is 6.08. The minimum atomic E-state index is -0.0911. The smallest absolute Gasteiger partial charge is 0.196 e. The SMILES string of the molecule is NC1=NCC2(CCCOC2)N1c1ccccc1Br. The van der Waals surface area contributed by atoms with E-state index in [1.54, 1.807) is 0 Å². The Balaban J connectivity index is 2.01. The van der Waals surface area contributed by atoms with Gasteiger partial charge >= 0.3 is 0 Å². The average molecular weight is 310 g/mol. The maximum Gasteiger partial charge on any atom is 0.196 e. The quantitative estimate of drug-likeness (QED) is 0.864. The number of guanidine groups is 1. The van der Waals surface area contributed by atoms with Crippen molar-refractivity contribution < 1.29 is 4.74 Å². The molecule has 18 heavy (non-hydrogen) atoms. The van der Waals surface area contributed by atoms with Gasteiger partial charge in [0.1, 0.15) is 0 Å². The van der Waals surface area contributed by atoms with Crippen LogP contribution in [0.5, 0.6) is 0 Å². The fraction of sp³-hybridized carbons (Fsp3) is 0.462. The van der Waals surface area contributed by atoms with Crippen LogP contribution in [0.2, 0.25) is 0 Å². The van der Waals surface area contributed by atoms with E-state index in [-0.39, 0.29) is 5.54 Å². The first kappa shape index (κ1) is 12.0. The molecule has 0 aromatic heterocycles. The first-order valence-electron chi connectivity index (χ1n) is 6.15. The van der Waals surface area contributed by atoms with Crippen molar-refractivity contribution in [1.82, 2.24) is 0 Å². The monoisotopic (exact) mass is 309 g/mol. The Bertz CT molecular complexity index is 483. The van der Waals surface area contributed by atoms with Gasteiger partial charge in [-0.15, -0.1) is 0 Å². The summed E-state index contributed by atoms with van der Waals surface area (Å²) in [6, 6.07) is 8.11. The van der Waals surface area contributed by atoms with Gasteiger partial charge in [0.05, 0.1) is 24.4 Å². The van der Waals surface area contributed by atoms with Gasteiger partial charge in [-0.1, -0.05) is 12.1 Å². The lowest BCUT2D eigenvalue weighted by atomic mass is 9.91. The van der Waals surface area contributed by atoms with Crippen LogP contribution in [-0.2, 0) is 4.74 Å². The highest BCUT2D eigenvalue weighted by atomic mass is 79.9. The van der Waals surface area contributed by atoms with Crippen LogP contribution >= 0.6 is 15.9 Å². The molecule has 2 aliphatic heterocycles. The molecule has 1 saturated heterocycles. The highest BCUT2D eigenvalue weighted by Gasteiger charge is 2.45. The van der Waals surface area contributed by atoms with E-state index < -0.39 is 0 Å². The summed E-state index contributed by atoms with van der Waals surface area (Å²) >= 11 is 3.59. The Hall–Kier alpha value is -1.07. The molecule has 3 rings (SSSR count). The largest absolute Gasteiger partial charge is 0.379 e. The second kappa shape index (κ2) is 4.55. The van der Waals surface area contributed by atoms with Crippen molar-refractivity contribution in [3.63, 3.8) is 0 Å². The molecular formula is C13H16BrN3O. The summed E-state index contributed by atoms with van der Waals surface area (Å²) < 4.78 is 6.70. The first-order valence-corrected chi connectivity index (χ1v) is 6.95. The molecule has 2 heterocycles. The Morgan fingerprint density at radius 3 is 2.94 bits per heavy atom. The van der Waals surface area contributed by atoms with Crippen molar-refractivity contribution in [2.24, 2.45) is 10.7 Å². The van der Waals surface area contributed by atoms with E-state index in [9.17, 15) is 0 Å². The predicted octanol–water partition coefficient (Wildman–Crippen LogP) is 2.13. The summed E-state index contributed by atoms with van der Waals surface area (Å²) in [6.07, 6.45) is 2.13. The summed E-state index contributed by atoms with van der Waals surface area (Å²) in [6.45, 7) is 2.25. The number of aliphatic imine (C=N–C) groups is 1. The molecule has 4 nitrogen and oxygen atoms in total. The molecule has 1 spiro atoms. The zero-order chi connectivity index (χ0) is 12.6. The number of halogens is 1. The van der Waals surface area contributed by atoms with Crippen molar-refractivity contribution in [1.29, 1.82) is 0 Å². The number of ether oxygens (including phenoxy) is 1. The average Bonchev–Trinajstić information content (AvgIpc) is 2.69. The van der Waals surface area contributed by atoms with Gasteiger partial charge in [0, 0.05) is 11.1 Å². The molecule has 2 aliphatic rings. The van der Waals surface area contributed by atoms with Crippen LogP contribution in [0.15, 0.2) is 33.7 Å². The van der Waals surface area contributed by atoms with E-state index in [2.05, 4.69) is 31.9 Å². The van der Waals surface area contributed by atoms with Gasteiger partial charge < -0.3 is 15.4 Å². The van der Waals surface area contributed by atoms with Gasteiger partial charge in [0.25, 0.3) is 0 Å². The zero-order valence-electron chi connectivity index (χ0n) is 10.1. The second-order valence-electron chi connectivity index (χ2n) is 4.84.